The highest BCUT2D eigenvalue weighted by Crippen LogP contribution is 2.15. The van der Waals surface area contributed by atoms with E-state index in [1.165, 1.54) is 17.9 Å². The van der Waals surface area contributed by atoms with Crippen LogP contribution in [-0.2, 0) is 16.1 Å². The predicted octanol–water partition coefficient (Wildman–Crippen LogP) is 0.302. The van der Waals surface area contributed by atoms with E-state index >= 15 is 0 Å². The van der Waals surface area contributed by atoms with Gasteiger partial charge in [0, 0.05) is 0 Å². The van der Waals surface area contributed by atoms with Crippen molar-refractivity contribution in [1.82, 2.24) is 15.0 Å². The molecule has 2 aromatic rings. The smallest absolute Gasteiger partial charge is 0.338 e. The maximum Gasteiger partial charge on any atom is 0.338 e. The van der Waals surface area contributed by atoms with Gasteiger partial charge >= 0.3 is 11.9 Å². The fraction of sp³-hybridized carbons (Fsp3) is 0.200. The van der Waals surface area contributed by atoms with Crippen LogP contribution in [0.1, 0.15) is 10.4 Å². The van der Waals surface area contributed by atoms with Gasteiger partial charge < -0.3 is 9.84 Å². The Morgan fingerprint density at radius 3 is 2.88 bits per heavy atom. The van der Waals surface area contributed by atoms with E-state index in [0.717, 1.165) is 0 Å². The van der Waals surface area contributed by atoms with E-state index in [1.807, 2.05) is 0 Å². The van der Waals surface area contributed by atoms with E-state index in [2.05, 4.69) is 15.0 Å². The summed E-state index contributed by atoms with van der Waals surface area (Å²) in [7, 11) is 1.27. The lowest BCUT2D eigenvalue weighted by atomic mass is 10.2. The first kappa shape index (κ1) is 11.1. The molecule has 1 aromatic heterocycles. The summed E-state index contributed by atoms with van der Waals surface area (Å²) in [5, 5.41) is 16.4. The first-order valence-corrected chi connectivity index (χ1v) is 4.76. The van der Waals surface area contributed by atoms with Gasteiger partial charge in [0.05, 0.1) is 18.2 Å². The molecule has 0 bridgehead atoms. The number of ether oxygens (including phenoxy) is 1. The maximum absolute atomic E-state index is 11.1. The Hall–Kier alpha value is -2.44. The number of carboxylic acid groups (broad SMARTS) is 1. The van der Waals surface area contributed by atoms with Gasteiger partial charge in [-0.15, -0.1) is 5.10 Å². The number of carboxylic acids is 1. The van der Waals surface area contributed by atoms with Crippen LogP contribution in [0, 0.1) is 0 Å². The molecule has 1 aromatic carbocycles. The summed E-state index contributed by atoms with van der Waals surface area (Å²) in [6.07, 6.45) is 0. The number of hydrogen-bond donors (Lipinski definition) is 1. The molecule has 0 saturated carbocycles. The predicted molar refractivity (Wildman–Crippen MR) is 56.5 cm³/mol. The normalized spacial score (nSPS) is 10.4. The van der Waals surface area contributed by atoms with Gasteiger partial charge in [-0.2, -0.15) is 0 Å². The van der Waals surface area contributed by atoms with Crippen LogP contribution in [0.15, 0.2) is 18.2 Å². The lowest BCUT2D eigenvalue weighted by Gasteiger charge is -2.00. The molecular formula is C10H9N3O4. The Kier molecular flexibility index (Phi) is 2.73. The molecule has 0 aliphatic heterocycles. The summed E-state index contributed by atoms with van der Waals surface area (Å²) in [4.78, 5) is 22.0. The van der Waals surface area contributed by atoms with Crippen LogP contribution in [0.3, 0.4) is 0 Å². The largest absolute Gasteiger partial charge is 0.478 e. The van der Waals surface area contributed by atoms with E-state index in [9.17, 15) is 9.59 Å². The number of aromatic carboxylic acids is 1. The zero-order chi connectivity index (χ0) is 12.4. The van der Waals surface area contributed by atoms with E-state index in [0.29, 0.717) is 5.52 Å². The first-order chi connectivity index (χ1) is 8.13. The Labute approximate surface area is 95.6 Å². The second-order valence-electron chi connectivity index (χ2n) is 3.30. The zero-order valence-corrected chi connectivity index (χ0v) is 8.95. The molecule has 0 spiro atoms. The van der Waals surface area contributed by atoms with Crippen molar-refractivity contribution in [2.75, 3.05) is 7.11 Å². The number of esters is 1. The van der Waals surface area contributed by atoms with Crippen LogP contribution in [0.4, 0.5) is 0 Å². The summed E-state index contributed by atoms with van der Waals surface area (Å²) in [6.45, 7) is -0.101. The molecule has 88 valence electrons. The molecule has 0 saturated heterocycles. The topological polar surface area (TPSA) is 94.3 Å². The third-order valence-corrected chi connectivity index (χ3v) is 2.28. The molecule has 0 aliphatic carbocycles. The molecule has 0 aliphatic rings. The molecule has 0 fully saturated rings. The van der Waals surface area contributed by atoms with E-state index < -0.39 is 11.9 Å². The minimum Gasteiger partial charge on any atom is -0.478 e. The molecule has 2 rings (SSSR count). The van der Waals surface area contributed by atoms with Gasteiger partial charge in [-0.25, -0.2) is 9.48 Å². The lowest BCUT2D eigenvalue weighted by molar-refractivity contribution is -0.141. The lowest BCUT2D eigenvalue weighted by Crippen LogP contribution is -2.12. The number of nitrogens with zero attached hydrogens (tertiary/aromatic N) is 3. The quantitative estimate of drug-likeness (QED) is 0.769. The second kappa shape index (κ2) is 4.20. The van der Waals surface area contributed by atoms with Crippen molar-refractivity contribution in [1.29, 1.82) is 0 Å². The van der Waals surface area contributed by atoms with Gasteiger partial charge in [-0.05, 0) is 12.1 Å². The Bertz CT molecular complexity index is 590. The third kappa shape index (κ3) is 1.94. The highest BCUT2D eigenvalue weighted by molar-refractivity contribution is 6.00. The number of fused-ring (bicyclic) bond motifs is 1. The van der Waals surface area contributed by atoms with Crippen molar-refractivity contribution < 1.29 is 19.4 Å². The van der Waals surface area contributed by atoms with Crippen molar-refractivity contribution in [2.24, 2.45) is 0 Å². The first-order valence-electron chi connectivity index (χ1n) is 4.76. The number of benzene rings is 1. The van der Waals surface area contributed by atoms with Crippen LogP contribution in [-0.4, -0.2) is 39.1 Å². The number of aromatic nitrogens is 3. The van der Waals surface area contributed by atoms with Crippen molar-refractivity contribution >= 4 is 23.0 Å². The molecule has 0 unspecified atom stereocenters. The molecule has 0 atom stereocenters. The Balaban J connectivity index is 2.51. The van der Waals surface area contributed by atoms with E-state index in [-0.39, 0.29) is 17.6 Å². The van der Waals surface area contributed by atoms with Gasteiger partial charge in [0.25, 0.3) is 0 Å². The molecule has 1 N–H and O–H groups in total. The molecule has 7 nitrogen and oxygen atoms in total. The highest BCUT2D eigenvalue weighted by atomic mass is 16.5. The number of carbonyl (C=O) groups is 2. The van der Waals surface area contributed by atoms with Crippen LogP contribution < -0.4 is 0 Å². The fourth-order valence-electron chi connectivity index (χ4n) is 1.47. The number of methoxy groups -OCH3 is 1. The van der Waals surface area contributed by atoms with Gasteiger partial charge in [0.15, 0.2) is 0 Å². The summed E-state index contributed by atoms with van der Waals surface area (Å²) in [5.41, 5.74) is 0.790. The van der Waals surface area contributed by atoms with Crippen LogP contribution >= 0.6 is 0 Å². The Morgan fingerprint density at radius 2 is 2.24 bits per heavy atom. The number of hydrogen-bond acceptors (Lipinski definition) is 5. The monoisotopic (exact) mass is 235 g/mol. The van der Waals surface area contributed by atoms with Gasteiger partial charge in [0.1, 0.15) is 12.1 Å². The van der Waals surface area contributed by atoms with Gasteiger partial charge in [0.2, 0.25) is 0 Å². The summed E-state index contributed by atoms with van der Waals surface area (Å²) in [6, 6.07) is 4.65. The van der Waals surface area contributed by atoms with E-state index in [4.69, 9.17) is 5.11 Å². The average Bonchev–Trinajstić information content (AvgIpc) is 2.72. The maximum atomic E-state index is 11.1. The van der Waals surface area contributed by atoms with Crippen molar-refractivity contribution in [3.8, 4) is 0 Å². The average molecular weight is 235 g/mol. The van der Waals surface area contributed by atoms with Crippen LogP contribution in [0.25, 0.3) is 11.0 Å². The zero-order valence-electron chi connectivity index (χ0n) is 8.95. The molecule has 1 heterocycles. The minimum absolute atomic E-state index is 0.0543. The number of carbonyl (C=O) groups excluding carboxylic acids is 1. The van der Waals surface area contributed by atoms with Gasteiger partial charge in [-0.3, -0.25) is 4.79 Å². The molecule has 0 radical (unpaired) electrons. The standard InChI is InChI=1S/C10H9N3O4/c1-17-8(14)5-13-7-4-2-3-6(10(15)16)9(7)11-12-13/h2-4H,5H2,1H3,(H,15,16). The summed E-state index contributed by atoms with van der Waals surface area (Å²) < 4.78 is 5.81. The van der Waals surface area contributed by atoms with Crippen molar-refractivity contribution in [3.63, 3.8) is 0 Å². The summed E-state index contributed by atoms with van der Waals surface area (Å²) >= 11 is 0. The third-order valence-electron chi connectivity index (χ3n) is 2.28. The SMILES string of the molecule is COC(=O)Cn1nnc2c(C(=O)O)cccc21. The van der Waals surface area contributed by atoms with Crippen LogP contribution in [0.2, 0.25) is 0 Å². The van der Waals surface area contributed by atoms with Crippen LogP contribution in [0.5, 0.6) is 0 Å². The number of rotatable bonds is 3. The van der Waals surface area contributed by atoms with Crippen molar-refractivity contribution in [3.05, 3.63) is 23.8 Å². The highest BCUT2D eigenvalue weighted by Gasteiger charge is 2.15. The molecule has 17 heavy (non-hydrogen) atoms. The second-order valence-corrected chi connectivity index (χ2v) is 3.30. The summed E-state index contributed by atoms with van der Waals surface area (Å²) in [5.74, 6) is -1.56. The fourth-order valence-corrected chi connectivity index (χ4v) is 1.47. The Morgan fingerprint density at radius 1 is 1.47 bits per heavy atom. The van der Waals surface area contributed by atoms with Crippen molar-refractivity contribution in [2.45, 2.75) is 6.54 Å². The molecule has 0 amide bonds. The molecular weight excluding hydrogens is 226 g/mol. The van der Waals surface area contributed by atoms with Gasteiger partial charge in [-0.1, -0.05) is 11.3 Å². The minimum atomic E-state index is -1.08. The van der Waals surface area contributed by atoms with E-state index in [1.54, 1.807) is 12.1 Å². The molecule has 7 heteroatoms.